The van der Waals surface area contributed by atoms with Gasteiger partial charge in [0.1, 0.15) is 11.5 Å². The number of methoxy groups -OCH3 is 1. The number of carbonyl (C=O) groups excluding carboxylic acids is 2. The number of benzene rings is 1. The molecule has 0 aromatic heterocycles. The molecule has 1 rings (SSSR count). The van der Waals surface area contributed by atoms with E-state index in [1.165, 1.54) is 38.3 Å². The van der Waals surface area contributed by atoms with Gasteiger partial charge < -0.3 is 10.1 Å². The van der Waals surface area contributed by atoms with Crippen molar-refractivity contribution >= 4 is 18.0 Å². The van der Waals surface area contributed by atoms with E-state index < -0.39 is 17.7 Å². The zero-order valence-electron chi connectivity index (χ0n) is 9.49. The molecule has 1 amide bonds. The highest BCUT2D eigenvalue weighted by Crippen LogP contribution is 2.08. The lowest BCUT2D eigenvalue weighted by atomic mass is 10.2. The lowest BCUT2D eigenvalue weighted by molar-refractivity contribution is -0.137. The maximum Gasteiger partial charge on any atom is 0.354 e. The fourth-order valence-electron chi connectivity index (χ4n) is 1.21. The summed E-state index contributed by atoms with van der Waals surface area (Å²) in [6.07, 6.45) is 1.34. The van der Waals surface area contributed by atoms with Crippen LogP contribution in [0.5, 0.6) is 0 Å². The molecule has 1 aromatic rings. The Hall–Kier alpha value is -2.17. The van der Waals surface area contributed by atoms with E-state index in [0.29, 0.717) is 5.56 Å². The Labute approximate surface area is 98.1 Å². The molecule has 0 atom stereocenters. The Morgan fingerprint density at radius 3 is 2.65 bits per heavy atom. The molecule has 0 radical (unpaired) electrons. The molecule has 1 N–H and O–H groups in total. The van der Waals surface area contributed by atoms with Gasteiger partial charge in [-0.25, -0.2) is 9.18 Å². The minimum absolute atomic E-state index is 0.0365. The van der Waals surface area contributed by atoms with Crippen molar-refractivity contribution in [2.75, 3.05) is 7.11 Å². The number of carbonyl (C=O) groups is 2. The second-order valence-electron chi connectivity index (χ2n) is 3.29. The average Bonchev–Trinajstić information content (AvgIpc) is 2.26. The summed E-state index contributed by atoms with van der Waals surface area (Å²) in [5.41, 5.74) is 0.421. The van der Waals surface area contributed by atoms with Gasteiger partial charge in [-0.1, -0.05) is 12.1 Å². The zero-order valence-corrected chi connectivity index (χ0v) is 9.49. The molecule has 1 aromatic carbocycles. The van der Waals surface area contributed by atoms with Crippen molar-refractivity contribution in [3.8, 4) is 0 Å². The van der Waals surface area contributed by atoms with Crippen molar-refractivity contribution in [1.29, 1.82) is 0 Å². The van der Waals surface area contributed by atoms with E-state index in [4.69, 9.17) is 0 Å². The summed E-state index contributed by atoms with van der Waals surface area (Å²) in [7, 11) is 1.20. The van der Waals surface area contributed by atoms with Gasteiger partial charge in [0.2, 0.25) is 5.91 Å². The van der Waals surface area contributed by atoms with Crippen LogP contribution in [0.4, 0.5) is 4.39 Å². The van der Waals surface area contributed by atoms with E-state index in [-0.39, 0.29) is 5.70 Å². The summed E-state index contributed by atoms with van der Waals surface area (Å²) in [5.74, 6) is -1.52. The summed E-state index contributed by atoms with van der Waals surface area (Å²) in [4.78, 5) is 22.2. The van der Waals surface area contributed by atoms with Crippen LogP contribution in [0.2, 0.25) is 0 Å². The Balaban J connectivity index is 3.04. The highest BCUT2D eigenvalue weighted by Gasteiger charge is 2.11. The molecule has 0 bridgehead atoms. The number of nitrogens with one attached hydrogen (secondary N) is 1. The van der Waals surface area contributed by atoms with Crippen molar-refractivity contribution < 1.29 is 18.7 Å². The standard InChI is InChI=1S/C12H12FNO3/c1-8(15)14-11(12(16)17-2)7-9-4-3-5-10(13)6-9/h3-7H,1-2H3,(H,14,15)/b11-7+. The molecule has 0 saturated carbocycles. The first-order chi connectivity index (χ1) is 8.02. The van der Waals surface area contributed by atoms with Crippen LogP contribution in [-0.4, -0.2) is 19.0 Å². The first-order valence-corrected chi connectivity index (χ1v) is 4.86. The predicted molar refractivity (Wildman–Crippen MR) is 60.2 cm³/mol. The Morgan fingerprint density at radius 1 is 1.41 bits per heavy atom. The highest BCUT2D eigenvalue weighted by molar-refractivity contribution is 5.97. The van der Waals surface area contributed by atoms with Crippen LogP contribution in [-0.2, 0) is 14.3 Å². The molecule has 0 unspecified atom stereocenters. The van der Waals surface area contributed by atoms with Crippen molar-refractivity contribution in [3.63, 3.8) is 0 Å². The van der Waals surface area contributed by atoms with Crippen LogP contribution < -0.4 is 5.32 Å². The van der Waals surface area contributed by atoms with Crippen LogP contribution in [0, 0.1) is 5.82 Å². The third kappa shape index (κ3) is 4.06. The molecule has 5 heteroatoms. The monoisotopic (exact) mass is 237 g/mol. The number of esters is 1. The number of halogens is 1. The van der Waals surface area contributed by atoms with E-state index in [2.05, 4.69) is 10.1 Å². The lowest BCUT2D eigenvalue weighted by Crippen LogP contribution is -2.25. The van der Waals surface area contributed by atoms with Crippen LogP contribution in [0.3, 0.4) is 0 Å². The summed E-state index contributed by atoms with van der Waals surface area (Å²) in [6.45, 7) is 1.27. The minimum Gasteiger partial charge on any atom is -0.464 e. The fraction of sp³-hybridized carbons (Fsp3) is 0.167. The lowest BCUT2D eigenvalue weighted by Gasteiger charge is -2.05. The first kappa shape index (κ1) is 12.9. The second kappa shape index (κ2) is 5.79. The van der Waals surface area contributed by atoms with Gasteiger partial charge in [-0.05, 0) is 23.8 Å². The molecule has 0 aliphatic carbocycles. The topological polar surface area (TPSA) is 55.4 Å². The molecule has 0 aliphatic heterocycles. The molecular formula is C12H12FNO3. The van der Waals surface area contributed by atoms with Crippen molar-refractivity contribution in [3.05, 3.63) is 41.3 Å². The minimum atomic E-state index is -0.690. The van der Waals surface area contributed by atoms with Crippen LogP contribution in [0.1, 0.15) is 12.5 Å². The molecule has 0 spiro atoms. The summed E-state index contributed by atoms with van der Waals surface area (Å²) in [6, 6.07) is 5.63. The highest BCUT2D eigenvalue weighted by atomic mass is 19.1. The number of hydrogen-bond donors (Lipinski definition) is 1. The van der Waals surface area contributed by atoms with Crippen molar-refractivity contribution in [2.45, 2.75) is 6.92 Å². The summed E-state index contributed by atoms with van der Waals surface area (Å²) in [5, 5.41) is 2.32. The van der Waals surface area contributed by atoms with Crippen LogP contribution in [0.25, 0.3) is 6.08 Å². The average molecular weight is 237 g/mol. The molecule has 0 saturated heterocycles. The SMILES string of the molecule is COC(=O)/C(=C\c1cccc(F)c1)NC(C)=O. The van der Waals surface area contributed by atoms with Gasteiger partial charge in [0.15, 0.2) is 0 Å². The molecule has 0 heterocycles. The number of ether oxygens (including phenoxy) is 1. The maximum atomic E-state index is 12.9. The Bertz CT molecular complexity index is 469. The molecular weight excluding hydrogens is 225 g/mol. The van der Waals surface area contributed by atoms with Gasteiger partial charge in [0.25, 0.3) is 0 Å². The zero-order chi connectivity index (χ0) is 12.8. The summed E-state index contributed by atoms with van der Waals surface area (Å²) >= 11 is 0. The fourth-order valence-corrected chi connectivity index (χ4v) is 1.21. The van der Waals surface area contributed by atoms with E-state index >= 15 is 0 Å². The van der Waals surface area contributed by atoms with Crippen molar-refractivity contribution in [2.24, 2.45) is 0 Å². The molecule has 4 nitrogen and oxygen atoms in total. The molecule has 17 heavy (non-hydrogen) atoms. The van der Waals surface area contributed by atoms with E-state index in [1.807, 2.05) is 0 Å². The third-order valence-electron chi connectivity index (χ3n) is 1.88. The largest absolute Gasteiger partial charge is 0.464 e. The summed E-state index contributed by atoms with van der Waals surface area (Å²) < 4.78 is 17.4. The van der Waals surface area contributed by atoms with Gasteiger partial charge in [-0.15, -0.1) is 0 Å². The Kier molecular flexibility index (Phi) is 4.39. The van der Waals surface area contributed by atoms with Crippen LogP contribution >= 0.6 is 0 Å². The van der Waals surface area contributed by atoms with Gasteiger partial charge in [-0.2, -0.15) is 0 Å². The molecule has 0 aliphatic rings. The van der Waals surface area contributed by atoms with E-state index in [1.54, 1.807) is 6.07 Å². The number of hydrogen-bond acceptors (Lipinski definition) is 3. The predicted octanol–water partition coefficient (Wildman–Crippen LogP) is 1.48. The quantitative estimate of drug-likeness (QED) is 0.640. The first-order valence-electron chi connectivity index (χ1n) is 4.86. The maximum absolute atomic E-state index is 12.9. The molecule has 0 fully saturated rings. The van der Waals surface area contributed by atoms with Crippen LogP contribution in [0.15, 0.2) is 30.0 Å². The second-order valence-corrected chi connectivity index (χ2v) is 3.29. The van der Waals surface area contributed by atoms with Crippen molar-refractivity contribution in [1.82, 2.24) is 5.32 Å². The third-order valence-corrected chi connectivity index (χ3v) is 1.88. The van der Waals surface area contributed by atoms with Gasteiger partial charge >= 0.3 is 5.97 Å². The number of rotatable bonds is 3. The van der Waals surface area contributed by atoms with Gasteiger partial charge in [0.05, 0.1) is 7.11 Å². The Morgan fingerprint density at radius 2 is 2.12 bits per heavy atom. The van der Waals surface area contributed by atoms with E-state index in [0.717, 1.165) is 0 Å². The van der Waals surface area contributed by atoms with Gasteiger partial charge in [-0.3, -0.25) is 4.79 Å². The van der Waals surface area contributed by atoms with Gasteiger partial charge in [0, 0.05) is 6.92 Å². The smallest absolute Gasteiger partial charge is 0.354 e. The molecule has 90 valence electrons. The van der Waals surface area contributed by atoms with E-state index in [9.17, 15) is 14.0 Å². The number of amides is 1. The normalized spacial score (nSPS) is 10.9.